The second kappa shape index (κ2) is 8.31. The van der Waals surface area contributed by atoms with Gasteiger partial charge in [0.2, 0.25) is 0 Å². The van der Waals surface area contributed by atoms with Crippen LogP contribution in [-0.4, -0.2) is 23.2 Å². The molecule has 0 spiro atoms. The Labute approximate surface area is 176 Å². The summed E-state index contributed by atoms with van der Waals surface area (Å²) in [5.41, 5.74) is 1.88. The Kier molecular flexibility index (Phi) is 5.98. The van der Waals surface area contributed by atoms with E-state index in [1.54, 1.807) is 0 Å². The largest absolute Gasteiger partial charge is 0.360 e. The number of thiocarbonyl (C=S) groups is 1. The van der Waals surface area contributed by atoms with Gasteiger partial charge in [0.1, 0.15) is 0 Å². The van der Waals surface area contributed by atoms with Crippen molar-refractivity contribution in [1.82, 2.24) is 16.0 Å². The summed E-state index contributed by atoms with van der Waals surface area (Å²) in [6.07, 6.45) is 7.72. The summed E-state index contributed by atoms with van der Waals surface area (Å²) in [5.74, 6) is 2.42. The van der Waals surface area contributed by atoms with Crippen LogP contribution in [0.1, 0.15) is 64.9 Å². The van der Waals surface area contributed by atoms with Crippen molar-refractivity contribution in [3.05, 3.63) is 35.9 Å². The van der Waals surface area contributed by atoms with Gasteiger partial charge in [-0.15, -0.1) is 0 Å². The number of benzene rings is 1. The minimum Gasteiger partial charge on any atom is -0.360 e. The van der Waals surface area contributed by atoms with Gasteiger partial charge in [0.05, 0.1) is 0 Å². The van der Waals surface area contributed by atoms with Crippen molar-refractivity contribution >= 4 is 17.3 Å². The molecule has 4 heteroatoms. The summed E-state index contributed by atoms with van der Waals surface area (Å²) < 4.78 is 0. The van der Waals surface area contributed by atoms with Crippen molar-refractivity contribution < 1.29 is 0 Å². The lowest BCUT2D eigenvalue weighted by Crippen LogP contribution is -2.62. The monoisotopic (exact) mass is 399 g/mol. The molecule has 154 valence electrons. The highest BCUT2D eigenvalue weighted by molar-refractivity contribution is 7.80. The third kappa shape index (κ3) is 4.09. The van der Waals surface area contributed by atoms with Crippen LogP contribution in [0, 0.1) is 23.2 Å². The Hall–Kier alpha value is -1.13. The molecule has 0 aromatic heterocycles. The molecule has 0 radical (unpaired) electrons. The third-order valence-electron chi connectivity index (χ3n) is 8.16. The normalized spacial score (nSPS) is 36.2. The maximum absolute atomic E-state index is 5.76. The zero-order chi connectivity index (χ0) is 19.7. The van der Waals surface area contributed by atoms with E-state index < -0.39 is 0 Å². The van der Waals surface area contributed by atoms with Crippen LogP contribution in [0.4, 0.5) is 0 Å². The van der Waals surface area contributed by atoms with Gasteiger partial charge in [-0.1, -0.05) is 63.9 Å². The summed E-state index contributed by atoms with van der Waals surface area (Å²) >= 11 is 5.76. The van der Waals surface area contributed by atoms with E-state index >= 15 is 0 Å². The number of hydrogen-bond donors (Lipinski definition) is 3. The number of nitrogens with one attached hydrogen (secondary N) is 3. The highest BCUT2D eigenvalue weighted by Gasteiger charge is 2.56. The molecule has 2 bridgehead atoms. The SMILES string of the molecule is C[C@H]1[C@H]2C[C@H](C[C@H]1NC(=S)N[C@H]1CCCC[C@@H]1NCc1ccccc1)C2(C)C. The van der Waals surface area contributed by atoms with E-state index in [9.17, 15) is 0 Å². The molecule has 0 heterocycles. The standard InChI is InChI=1S/C24H37N3S/c1-16-19-13-18(24(19,2)3)14-22(16)27-23(28)26-21-12-8-7-11-20(21)25-15-17-9-5-4-6-10-17/h4-6,9-10,16,18-22,25H,7-8,11-15H2,1-3H3,(H2,26,27,28)/t16-,18+,19+,20-,21-,22+/m0/s1. The molecule has 4 saturated carbocycles. The van der Waals surface area contributed by atoms with Crippen molar-refractivity contribution in [2.75, 3.05) is 0 Å². The molecule has 1 aromatic rings. The Balaban J connectivity index is 1.29. The maximum Gasteiger partial charge on any atom is 0.166 e. The first-order valence-corrected chi connectivity index (χ1v) is 11.7. The molecule has 3 nitrogen and oxygen atoms in total. The molecule has 4 aliphatic rings. The molecule has 0 unspecified atom stereocenters. The maximum atomic E-state index is 5.76. The van der Waals surface area contributed by atoms with E-state index in [-0.39, 0.29) is 0 Å². The lowest BCUT2D eigenvalue weighted by molar-refractivity contribution is -0.112. The molecule has 0 aliphatic heterocycles. The first-order valence-electron chi connectivity index (χ1n) is 11.3. The molecule has 0 saturated heterocycles. The van der Waals surface area contributed by atoms with Gasteiger partial charge >= 0.3 is 0 Å². The fraction of sp³-hybridized carbons (Fsp3) is 0.708. The molecule has 4 fully saturated rings. The van der Waals surface area contributed by atoms with E-state index in [1.807, 2.05) is 0 Å². The highest BCUT2D eigenvalue weighted by atomic mass is 32.1. The summed E-state index contributed by atoms with van der Waals surface area (Å²) in [6, 6.07) is 12.2. The second-order valence-electron chi connectivity index (χ2n) is 10.0. The Bertz CT molecular complexity index is 674. The highest BCUT2D eigenvalue weighted by Crippen LogP contribution is 2.61. The van der Waals surface area contributed by atoms with E-state index in [0.717, 1.165) is 23.5 Å². The van der Waals surface area contributed by atoms with Crippen molar-refractivity contribution in [2.45, 2.75) is 84.0 Å². The van der Waals surface area contributed by atoms with E-state index in [4.69, 9.17) is 12.2 Å². The van der Waals surface area contributed by atoms with Gasteiger partial charge in [0, 0.05) is 24.7 Å². The molecular weight excluding hydrogens is 362 g/mol. The lowest BCUT2D eigenvalue weighted by Gasteiger charge is -2.62. The fourth-order valence-corrected chi connectivity index (χ4v) is 6.41. The van der Waals surface area contributed by atoms with Crippen molar-refractivity contribution in [3.8, 4) is 0 Å². The van der Waals surface area contributed by atoms with Gasteiger partial charge in [0.25, 0.3) is 0 Å². The number of fused-ring (bicyclic) bond motifs is 2. The Morgan fingerprint density at radius 1 is 1.00 bits per heavy atom. The summed E-state index contributed by atoms with van der Waals surface area (Å²) in [4.78, 5) is 0. The first-order chi connectivity index (χ1) is 13.4. The molecular formula is C24H37N3S. The van der Waals surface area contributed by atoms with Crippen LogP contribution in [-0.2, 0) is 6.54 Å². The average Bonchev–Trinajstić information content (AvgIpc) is 2.69. The number of rotatable bonds is 5. The third-order valence-corrected chi connectivity index (χ3v) is 8.40. The summed E-state index contributed by atoms with van der Waals surface area (Å²) in [7, 11) is 0. The van der Waals surface area contributed by atoms with Crippen molar-refractivity contribution in [3.63, 3.8) is 0 Å². The van der Waals surface area contributed by atoms with E-state index in [1.165, 1.54) is 44.1 Å². The van der Waals surface area contributed by atoms with Gasteiger partial charge in [-0.2, -0.15) is 0 Å². The zero-order valence-corrected chi connectivity index (χ0v) is 18.5. The Morgan fingerprint density at radius 2 is 1.68 bits per heavy atom. The quantitative estimate of drug-likeness (QED) is 0.631. The molecule has 4 aliphatic carbocycles. The van der Waals surface area contributed by atoms with Crippen LogP contribution in [0.3, 0.4) is 0 Å². The van der Waals surface area contributed by atoms with Gasteiger partial charge < -0.3 is 16.0 Å². The van der Waals surface area contributed by atoms with Crippen LogP contribution < -0.4 is 16.0 Å². The Morgan fingerprint density at radius 3 is 2.36 bits per heavy atom. The van der Waals surface area contributed by atoms with Crippen LogP contribution in [0.15, 0.2) is 30.3 Å². The van der Waals surface area contributed by atoms with Crippen LogP contribution in [0.2, 0.25) is 0 Å². The molecule has 28 heavy (non-hydrogen) atoms. The molecule has 1 aromatic carbocycles. The minimum absolute atomic E-state index is 0.433. The smallest absolute Gasteiger partial charge is 0.166 e. The fourth-order valence-electron chi connectivity index (χ4n) is 6.11. The van der Waals surface area contributed by atoms with Crippen LogP contribution in [0.25, 0.3) is 0 Å². The molecule has 3 N–H and O–H groups in total. The minimum atomic E-state index is 0.433. The zero-order valence-electron chi connectivity index (χ0n) is 17.7. The molecule has 6 atom stereocenters. The average molecular weight is 400 g/mol. The van der Waals surface area contributed by atoms with Crippen molar-refractivity contribution in [1.29, 1.82) is 0 Å². The van der Waals surface area contributed by atoms with Gasteiger partial charge in [0.15, 0.2) is 5.11 Å². The van der Waals surface area contributed by atoms with Gasteiger partial charge in [-0.05, 0) is 66.6 Å². The van der Waals surface area contributed by atoms with Crippen LogP contribution >= 0.6 is 12.2 Å². The van der Waals surface area contributed by atoms with Gasteiger partial charge in [-0.3, -0.25) is 0 Å². The lowest BCUT2D eigenvalue weighted by atomic mass is 9.45. The predicted octanol–water partition coefficient (Wildman–Crippen LogP) is 4.62. The number of hydrogen-bond acceptors (Lipinski definition) is 2. The second-order valence-corrected chi connectivity index (χ2v) is 10.5. The van der Waals surface area contributed by atoms with Crippen LogP contribution in [0.5, 0.6) is 0 Å². The summed E-state index contributed by atoms with van der Waals surface area (Å²) in [5, 5.41) is 12.0. The van der Waals surface area contributed by atoms with E-state index in [2.05, 4.69) is 67.1 Å². The van der Waals surface area contributed by atoms with Crippen molar-refractivity contribution in [2.24, 2.45) is 23.2 Å². The van der Waals surface area contributed by atoms with E-state index in [0.29, 0.717) is 29.5 Å². The first kappa shape index (κ1) is 20.2. The predicted molar refractivity (Wildman–Crippen MR) is 121 cm³/mol. The molecule has 5 rings (SSSR count). The topological polar surface area (TPSA) is 36.1 Å². The summed E-state index contributed by atoms with van der Waals surface area (Å²) in [6.45, 7) is 8.27. The molecule has 0 amide bonds. The van der Waals surface area contributed by atoms with Gasteiger partial charge in [-0.25, -0.2) is 0 Å².